The van der Waals surface area contributed by atoms with Crippen LogP contribution in [0.4, 0.5) is 22.7 Å². The summed E-state index contributed by atoms with van der Waals surface area (Å²) in [5, 5.41) is 23.1. The summed E-state index contributed by atoms with van der Waals surface area (Å²) in [5.41, 5.74) is 29.9. The fourth-order valence-electron chi connectivity index (χ4n) is 15.6. The van der Waals surface area contributed by atoms with E-state index < -0.39 is 0 Å². The maximum Gasteiger partial charge on any atom is 1.00 e. The molecule has 0 radical (unpaired) electrons. The van der Waals surface area contributed by atoms with Crippen LogP contribution >= 0.6 is 0 Å². The van der Waals surface area contributed by atoms with Crippen LogP contribution in [0.5, 0.6) is 0 Å². The minimum absolute atomic E-state index is 0. The van der Waals surface area contributed by atoms with E-state index >= 15 is 0 Å². The number of hydrogen-bond acceptors (Lipinski definition) is 0. The molecular formula is C88H116Li4N4. The molecule has 6 aromatic carbocycles. The van der Waals surface area contributed by atoms with E-state index in [1.54, 1.807) is 0 Å². The van der Waals surface area contributed by atoms with Gasteiger partial charge in [0.15, 0.2) is 0 Å². The van der Waals surface area contributed by atoms with E-state index in [2.05, 4.69) is 315 Å². The maximum atomic E-state index is 5.79. The predicted octanol–water partition coefficient (Wildman–Crippen LogP) is 16.9. The summed E-state index contributed by atoms with van der Waals surface area (Å²) in [7, 11) is 0. The number of nitrogens with zero attached hydrogens (tertiary/aromatic N) is 4. The standard InChI is InChI=1S/2C44H58N2.4Li/c2*1-25(2)29-18-15-19-30(26(3)4)39(29)45-41-34-23-17-22-33-37(34)35(24-36(43(9,10)11)38(33)44(12,13)14)42(41)46-40-31(27(5)6)20-16-21-32(40)28(7)8;;;;/h2*15-28,36,38H,1-14H3;;;;/q2*-2;4*+1/t2*36-,38-;;;;/m11..../s1. The predicted molar refractivity (Wildman–Crippen MR) is 404 cm³/mol. The first-order valence-electron chi connectivity index (χ1n) is 35.4. The summed E-state index contributed by atoms with van der Waals surface area (Å²) < 4.78 is 0. The Morgan fingerprint density at radius 3 is 0.646 bits per heavy atom. The van der Waals surface area contributed by atoms with Gasteiger partial charge in [-0.25, -0.2) is 0 Å². The van der Waals surface area contributed by atoms with Gasteiger partial charge in [0.2, 0.25) is 0 Å². The molecule has 0 unspecified atom stereocenters. The molecule has 0 heterocycles. The largest absolute Gasteiger partial charge is 1.00 e. The summed E-state index contributed by atoms with van der Waals surface area (Å²) >= 11 is 0. The molecule has 96 heavy (non-hydrogen) atoms. The van der Waals surface area contributed by atoms with E-state index in [0.717, 1.165) is 45.5 Å². The van der Waals surface area contributed by atoms with Crippen molar-refractivity contribution in [3.8, 4) is 0 Å². The zero-order valence-corrected chi connectivity index (χ0v) is 66.3. The fourth-order valence-corrected chi connectivity index (χ4v) is 15.6. The van der Waals surface area contributed by atoms with Gasteiger partial charge in [-0.05, 0) is 137 Å². The molecule has 0 saturated carbocycles. The van der Waals surface area contributed by atoms with Gasteiger partial charge >= 0.3 is 75.4 Å². The zero-order chi connectivity index (χ0) is 67.8. The van der Waals surface area contributed by atoms with E-state index in [4.69, 9.17) is 21.3 Å². The molecule has 4 aliphatic rings. The summed E-state index contributed by atoms with van der Waals surface area (Å²) in [6, 6.07) is 40.9. The van der Waals surface area contributed by atoms with Crippen molar-refractivity contribution >= 4 is 45.3 Å². The zero-order valence-electron chi connectivity index (χ0n) is 66.3. The Hall–Kier alpha value is -4.13. The summed E-state index contributed by atoms with van der Waals surface area (Å²) in [5.74, 6) is 4.37. The van der Waals surface area contributed by atoms with Crippen molar-refractivity contribution in [3.05, 3.63) is 232 Å². The molecule has 492 valence electrons. The van der Waals surface area contributed by atoms with Gasteiger partial charge in [-0.2, -0.15) is 0 Å². The summed E-state index contributed by atoms with van der Waals surface area (Å²) in [4.78, 5) is 0. The van der Waals surface area contributed by atoms with Gasteiger partial charge in [-0.1, -0.05) is 360 Å². The summed E-state index contributed by atoms with van der Waals surface area (Å²) in [6.45, 7) is 65.5. The number of hydrogen-bond donors (Lipinski definition) is 0. The van der Waals surface area contributed by atoms with Gasteiger partial charge in [0.25, 0.3) is 0 Å². The first kappa shape index (κ1) is 82.5. The second-order valence-corrected chi connectivity index (χ2v) is 34.4. The normalized spacial score (nSPS) is 17.4. The number of rotatable bonds is 16. The first-order valence-corrected chi connectivity index (χ1v) is 35.4. The smallest absolute Gasteiger partial charge is 0.658 e. The second-order valence-electron chi connectivity index (χ2n) is 34.4. The Morgan fingerprint density at radius 1 is 0.260 bits per heavy atom. The molecule has 0 fully saturated rings. The molecule has 4 aliphatic carbocycles. The molecule has 0 spiro atoms. The van der Waals surface area contributed by atoms with Crippen LogP contribution in [0.1, 0.15) is 331 Å². The van der Waals surface area contributed by atoms with Gasteiger partial charge in [0.1, 0.15) is 0 Å². The summed E-state index contributed by atoms with van der Waals surface area (Å²) in [6.07, 6.45) is 5.18. The van der Waals surface area contributed by atoms with E-state index in [0.29, 0.717) is 71.0 Å². The Balaban J connectivity index is 0.000000333. The average molecular weight is 1260 g/mol. The van der Waals surface area contributed by atoms with Crippen molar-refractivity contribution in [1.29, 1.82) is 0 Å². The van der Waals surface area contributed by atoms with Gasteiger partial charge < -0.3 is 21.3 Å². The first-order chi connectivity index (χ1) is 42.9. The van der Waals surface area contributed by atoms with Crippen molar-refractivity contribution < 1.29 is 75.4 Å². The third-order valence-corrected chi connectivity index (χ3v) is 20.4. The van der Waals surface area contributed by atoms with Crippen molar-refractivity contribution in [1.82, 2.24) is 0 Å². The Morgan fingerprint density at radius 2 is 0.458 bits per heavy atom. The molecule has 8 heteroatoms. The Labute approximate surface area is 633 Å². The molecule has 0 saturated heterocycles. The van der Waals surface area contributed by atoms with Crippen LogP contribution in [-0.4, -0.2) is 0 Å². The molecular weight excluding hydrogens is 1140 g/mol. The van der Waals surface area contributed by atoms with Crippen LogP contribution in [0.15, 0.2) is 133 Å². The second kappa shape index (κ2) is 31.8. The molecule has 4 nitrogen and oxygen atoms in total. The topological polar surface area (TPSA) is 56.4 Å². The molecule has 0 N–H and O–H groups in total. The molecule has 10 rings (SSSR count). The van der Waals surface area contributed by atoms with E-state index in [1.807, 2.05) is 0 Å². The van der Waals surface area contributed by atoms with Crippen molar-refractivity contribution in [3.63, 3.8) is 0 Å². The van der Waals surface area contributed by atoms with Crippen LogP contribution < -0.4 is 75.4 Å². The third-order valence-electron chi connectivity index (χ3n) is 20.4. The Bertz CT molecular complexity index is 3500. The van der Waals surface area contributed by atoms with E-state index in [9.17, 15) is 0 Å². The van der Waals surface area contributed by atoms with Crippen molar-refractivity contribution in [2.45, 2.75) is 253 Å². The molecule has 0 aromatic heterocycles. The van der Waals surface area contributed by atoms with Crippen LogP contribution in [-0.2, 0) is 0 Å². The van der Waals surface area contributed by atoms with Crippen molar-refractivity contribution in [2.75, 3.05) is 0 Å². The molecule has 6 aromatic rings. The van der Waals surface area contributed by atoms with Crippen LogP contribution in [0.3, 0.4) is 0 Å². The number of allylic oxidation sites excluding steroid dienone is 4. The van der Waals surface area contributed by atoms with Crippen molar-refractivity contribution in [2.24, 2.45) is 33.5 Å². The van der Waals surface area contributed by atoms with Crippen LogP contribution in [0, 0.1) is 33.5 Å². The van der Waals surface area contributed by atoms with E-state index in [-0.39, 0.29) is 97.1 Å². The number of benzene rings is 6. The average Bonchev–Trinajstić information content (AvgIpc) is 1.51. The van der Waals surface area contributed by atoms with Gasteiger partial charge in [0.05, 0.1) is 0 Å². The number of para-hydroxylation sites is 4. The molecule has 0 aliphatic heterocycles. The molecule has 0 amide bonds. The van der Waals surface area contributed by atoms with Gasteiger partial charge in [0, 0.05) is 0 Å². The van der Waals surface area contributed by atoms with E-state index in [1.165, 1.54) is 89.0 Å². The maximum absolute atomic E-state index is 5.79. The SMILES string of the molecule is CC(C)c1cccc(C(C)C)c1[N-]C1=C([N-]c2c(C(C)C)cccc2C(C)C)c2cccc3c2C1=C[C@@H](C(C)(C)C)[C@@H]3C(C)(C)C.CC(C)c1cccc(C(C)C)c1[N-]C1=C([N-]c2c(C(C)C)cccc2C(C)C)c2cccc3c2C1=C[C@@H](C(C)(C)C)[C@@H]3C(C)(C)C.[Li+].[Li+].[Li+].[Li+]. The molecule has 0 bridgehead atoms. The quantitative estimate of drug-likeness (QED) is 0.0868. The minimum atomic E-state index is 0. The third kappa shape index (κ3) is 16.4. The monoisotopic (exact) mass is 1260 g/mol. The molecule has 4 atom stereocenters. The van der Waals surface area contributed by atoms with Crippen LogP contribution in [0.2, 0.25) is 0 Å². The minimum Gasteiger partial charge on any atom is -0.658 e. The van der Waals surface area contributed by atoms with Gasteiger partial charge in [-0.15, -0.1) is 45.5 Å². The van der Waals surface area contributed by atoms with Gasteiger partial charge in [-0.3, -0.25) is 0 Å². The van der Waals surface area contributed by atoms with Crippen LogP contribution in [0.25, 0.3) is 43.8 Å². The Kier molecular flexibility index (Phi) is 27.4. The fraction of sp³-hybridized carbons (Fsp3) is 0.500.